The zero-order valence-corrected chi connectivity index (χ0v) is 69.8. The number of aliphatic hydroxyl groups is 1. The number of hydrogen-bond acceptors (Lipinski definition) is 20. The quantitative estimate of drug-likeness (QED) is 0.0385. The molecule has 2 saturated heterocycles. The highest BCUT2D eigenvalue weighted by atomic mass is 32.2. The molecule has 1 aromatic heterocycles. The molecule has 7 aliphatic rings. The minimum Gasteiger partial charge on any atom is -0.490 e. The van der Waals surface area contributed by atoms with Crippen LogP contribution in [0.15, 0.2) is 158 Å². The first-order valence-electron chi connectivity index (χ1n) is 40.5. The number of amides is 7. The molecule has 119 heavy (non-hydrogen) atoms. The van der Waals surface area contributed by atoms with Gasteiger partial charge in [-0.3, -0.25) is 47.9 Å². The lowest BCUT2D eigenvalue weighted by Gasteiger charge is -2.36. The van der Waals surface area contributed by atoms with E-state index in [1.54, 1.807) is 140 Å². The van der Waals surface area contributed by atoms with Crippen LogP contribution in [0.4, 0.5) is 0 Å². The Morgan fingerprint density at radius 2 is 1.24 bits per heavy atom. The average Bonchev–Trinajstić information content (AvgIpc) is 1.66. The minimum atomic E-state index is -4.16. The molecule has 1 aliphatic carbocycles. The number of nitrogens with zero attached hydrogens (tertiary/aromatic N) is 5. The number of carboxylic acid groups (broad SMARTS) is 1. The SMILES string of the molecule is CN[C@@H](C)C(=O)C[C@H](C(=O)N1C[C@@H]2C[C@H]1C(=O)N[C@@H](Cc1cccc(-c3ccc(CO)cc3)c1)C(=O)C[C@H](C(=O)NS(=O)(=O)C1CC1)Cc1ccc(cc1)OCc1cn(nn1)[C@H]1C[C@@H](C(=O)N[C@@H](Cc3ccc4ccccc4c3)C(=O)N[C@H](C(=O)O)Cc3ccc(cc3)OC/C=C/CO2)N(C(=O)[C@@H](NC(=O)[C@H](C)NC)C(C)(C)C)C1)C(C)(C)C. The topological polar surface area (TPSA) is 394 Å². The summed E-state index contributed by atoms with van der Waals surface area (Å²) in [6.45, 7) is 13.7. The van der Waals surface area contributed by atoms with Crippen molar-refractivity contribution >= 4 is 79.7 Å². The van der Waals surface area contributed by atoms with Crippen LogP contribution in [0.25, 0.3) is 21.9 Å². The highest BCUT2D eigenvalue weighted by Gasteiger charge is 2.49. The van der Waals surface area contributed by atoms with Crippen molar-refractivity contribution in [2.24, 2.45) is 22.7 Å². The maximum Gasteiger partial charge on any atom is 0.326 e. The fourth-order valence-electron chi connectivity index (χ4n) is 15.1. The van der Waals surface area contributed by atoms with Gasteiger partial charge in [-0.25, -0.2) is 17.9 Å². The molecule has 29 nitrogen and oxygen atoms in total. The van der Waals surface area contributed by atoms with Crippen molar-refractivity contribution in [3.05, 3.63) is 191 Å². The van der Waals surface area contributed by atoms with E-state index in [1.165, 1.54) is 14.5 Å². The van der Waals surface area contributed by atoms with Crippen LogP contribution in [0.3, 0.4) is 0 Å². The van der Waals surface area contributed by atoms with Crippen molar-refractivity contribution in [1.29, 1.82) is 0 Å². The molecule has 14 rings (SSSR count). The number of ether oxygens (including phenoxy) is 3. The van der Waals surface area contributed by atoms with Gasteiger partial charge < -0.3 is 66.1 Å². The van der Waals surface area contributed by atoms with Crippen LogP contribution < -0.4 is 46.1 Å². The number of nitrogens with one attached hydrogen (secondary N) is 7. The molecule has 9 N–H and O–H groups in total. The zero-order chi connectivity index (χ0) is 85.6. The Morgan fingerprint density at radius 3 is 1.88 bits per heavy atom. The molecule has 0 radical (unpaired) electrons. The first-order chi connectivity index (χ1) is 56.6. The van der Waals surface area contributed by atoms with Crippen LogP contribution >= 0.6 is 0 Å². The number of aromatic nitrogens is 3. The molecule has 6 aliphatic heterocycles. The number of carboxylic acids is 1. The maximum atomic E-state index is 15.5. The molecular formula is C89H110N12O17S. The summed E-state index contributed by atoms with van der Waals surface area (Å²) in [6, 6.07) is 30.9. The Balaban J connectivity index is 0.930. The standard InChI is InChI=1S/C89H110N12O17S/c1-53(90-9)77(103)47-71(88(3,4)5)85(110)100-50-69-46-76(100)84(109)92-72(42-58-16-15-19-63(39-58)61-27-20-57(51-102)21-28-61)78(104)44-64(81(106)97-119(114,115)70-34-35-70)38-55-23-32-68(33-24-55)118-52-65-48-101(98-96-65)66-45-75(99(49-66)86(111)79(89(6,7)8)95-80(105)54(2)91-10)83(108)93-73(43-59-22-29-60-17-11-12-18-62(60)40-59)82(107)94-74(87(112)113)41-56-25-30-67(31-26-56)116-36-13-14-37-117-69/h11-33,39-40,48,53-54,64,66,69-76,79,90-91,102H,34-38,41-47,49-52H2,1-10H3,(H,92,109)(H,93,108)(H,94,107)(H,95,105)(H,97,106)(H,112,113)/b14-13+/t53-,54-,64+,66-,69-,71+,72-,73-,74-,75-,76-,79+/m0/s1. The number of likely N-dealkylation sites (tertiary alicyclic amines) is 2. The molecule has 634 valence electrons. The van der Waals surface area contributed by atoms with Crippen LogP contribution in [0, 0.1) is 22.7 Å². The normalized spacial score (nSPS) is 22.2. The molecule has 7 aromatic rings. The predicted molar refractivity (Wildman–Crippen MR) is 445 cm³/mol. The van der Waals surface area contributed by atoms with Crippen LogP contribution in [-0.2, 0) is 102 Å². The number of Topliss-reactive ketones (excluding diaryl/α,β-unsaturated/α-hetero) is 2. The second kappa shape index (κ2) is 39.2. The summed E-state index contributed by atoms with van der Waals surface area (Å²) in [5.74, 6) is -8.46. The summed E-state index contributed by atoms with van der Waals surface area (Å²) in [5, 5.41) is 47.8. The molecule has 1 saturated carbocycles. The highest BCUT2D eigenvalue weighted by molar-refractivity contribution is 7.90. The van der Waals surface area contributed by atoms with Crippen molar-refractivity contribution in [3.63, 3.8) is 0 Å². The van der Waals surface area contributed by atoms with Gasteiger partial charge in [0.25, 0.3) is 0 Å². The number of carbonyl (C=O) groups excluding carboxylic acids is 9. The van der Waals surface area contributed by atoms with E-state index in [-0.39, 0.29) is 90.2 Å². The van der Waals surface area contributed by atoms with E-state index < -0.39 is 158 Å². The fourth-order valence-corrected chi connectivity index (χ4v) is 16.5. The first kappa shape index (κ1) is 88.8. The van der Waals surface area contributed by atoms with Crippen molar-refractivity contribution < 1.29 is 80.8 Å². The number of carbonyl (C=O) groups is 10. The first-order valence-corrected chi connectivity index (χ1v) is 42.1. The third-order valence-corrected chi connectivity index (χ3v) is 24.5. The van der Waals surface area contributed by atoms with Gasteiger partial charge in [-0.1, -0.05) is 168 Å². The Morgan fingerprint density at radius 1 is 0.622 bits per heavy atom. The van der Waals surface area contributed by atoms with Gasteiger partial charge in [0, 0.05) is 63.5 Å². The van der Waals surface area contributed by atoms with Gasteiger partial charge in [0.05, 0.1) is 54.9 Å². The minimum absolute atomic E-state index is 0.00619. The van der Waals surface area contributed by atoms with Crippen molar-refractivity contribution in [1.82, 2.24) is 61.4 Å². The number of hydrogen-bond donors (Lipinski definition) is 9. The van der Waals surface area contributed by atoms with E-state index in [4.69, 9.17) is 14.2 Å². The molecule has 3 fully saturated rings. The maximum absolute atomic E-state index is 15.5. The molecule has 7 heterocycles. The number of likely N-dealkylation sites (N-methyl/N-ethyl adjacent to an activating group) is 2. The molecule has 6 aromatic carbocycles. The summed E-state index contributed by atoms with van der Waals surface area (Å²) < 4.78 is 49.7. The Labute approximate surface area is 693 Å². The molecule has 0 spiro atoms. The van der Waals surface area contributed by atoms with Crippen molar-refractivity contribution in [2.45, 2.75) is 199 Å². The predicted octanol–water partition coefficient (Wildman–Crippen LogP) is 6.61. The molecule has 10 bridgehead atoms. The zero-order valence-electron chi connectivity index (χ0n) is 69.0. The van der Waals surface area contributed by atoms with E-state index in [1.807, 2.05) is 87.5 Å². The van der Waals surface area contributed by atoms with Gasteiger partial charge in [-0.15, -0.1) is 5.10 Å². The van der Waals surface area contributed by atoms with E-state index in [0.717, 1.165) is 21.9 Å². The van der Waals surface area contributed by atoms with Crippen molar-refractivity contribution in [3.8, 4) is 22.6 Å². The fraction of sp³-hybridized carbons (Fsp3) is 0.461. The number of aliphatic carboxylic acids is 1. The Hall–Kier alpha value is -11.1. The summed E-state index contributed by atoms with van der Waals surface area (Å²) in [7, 11) is -0.909. The number of rotatable bonds is 19. The second-order valence-corrected chi connectivity index (χ2v) is 35.7. The third-order valence-electron chi connectivity index (χ3n) is 22.7. The van der Waals surface area contributed by atoms with Crippen LogP contribution in [0.5, 0.6) is 11.5 Å². The van der Waals surface area contributed by atoms with E-state index >= 15 is 24.0 Å². The van der Waals surface area contributed by atoms with Gasteiger partial charge in [0.1, 0.15) is 66.4 Å². The third kappa shape index (κ3) is 23.5. The lowest BCUT2D eigenvalue weighted by atomic mass is 9.76. The molecule has 30 heteroatoms. The van der Waals surface area contributed by atoms with E-state index in [2.05, 4.69) is 46.9 Å². The smallest absolute Gasteiger partial charge is 0.326 e. The van der Waals surface area contributed by atoms with Crippen LogP contribution in [0.2, 0.25) is 0 Å². The lowest BCUT2D eigenvalue weighted by molar-refractivity contribution is -0.147. The van der Waals surface area contributed by atoms with Crippen molar-refractivity contribution in [2.75, 3.05) is 40.4 Å². The molecule has 7 amide bonds. The highest BCUT2D eigenvalue weighted by Crippen LogP contribution is 2.37. The van der Waals surface area contributed by atoms with Crippen LogP contribution in [0.1, 0.15) is 133 Å². The van der Waals surface area contributed by atoms with E-state index in [0.29, 0.717) is 57.9 Å². The number of sulfonamides is 1. The largest absolute Gasteiger partial charge is 0.490 e. The monoisotopic (exact) mass is 1650 g/mol. The summed E-state index contributed by atoms with van der Waals surface area (Å²) in [4.78, 5) is 150. The van der Waals surface area contributed by atoms with Gasteiger partial charge in [0.2, 0.25) is 51.4 Å². The second-order valence-electron chi connectivity index (χ2n) is 33.7. The number of fused-ring (bicyclic) bond motifs is 1. The van der Waals surface area contributed by atoms with Gasteiger partial charge in [-0.05, 0) is 145 Å². The van der Waals surface area contributed by atoms with Gasteiger partial charge in [0.15, 0.2) is 5.78 Å². The molecule has 0 unspecified atom stereocenters. The summed E-state index contributed by atoms with van der Waals surface area (Å²) in [6.07, 6.45) is 3.56. The van der Waals surface area contributed by atoms with Crippen LogP contribution in [-0.4, -0.2) is 202 Å². The van der Waals surface area contributed by atoms with Gasteiger partial charge >= 0.3 is 5.97 Å². The Kier molecular flexibility index (Phi) is 29.3. The number of aliphatic hydroxyl groups excluding tert-OH is 1. The molecular weight excluding hydrogens is 1540 g/mol. The van der Waals surface area contributed by atoms with Gasteiger partial charge in [-0.2, -0.15) is 0 Å². The molecule has 12 atom stereocenters. The lowest BCUT2D eigenvalue weighted by Crippen LogP contribution is -2.60. The summed E-state index contributed by atoms with van der Waals surface area (Å²) in [5.41, 5.74) is 3.12. The van der Waals surface area contributed by atoms with E-state index in [9.17, 15) is 42.6 Å². The number of ketones is 2. The Bertz CT molecular complexity index is 4960. The summed E-state index contributed by atoms with van der Waals surface area (Å²) >= 11 is 0. The average molecular weight is 1650 g/mol. The number of benzene rings is 6.